The van der Waals surface area contributed by atoms with Gasteiger partial charge >= 0.3 is 12.1 Å². The highest BCUT2D eigenvalue weighted by atomic mass is 16.6. The van der Waals surface area contributed by atoms with E-state index in [1.54, 1.807) is 39.8 Å². The number of esters is 1. The first-order valence-corrected chi connectivity index (χ1v) is 7.32. The molecule has 1 unspecified atom stereocenters. The van der Waals surface area contributed by atoms with Gasteiger partial charge in [-0.05, 0) is 39.8 Å². The third-order valence-electron chi connectivity index (χ3n) is 2.63. The van der Waals surface area contributed by atoms with Crippen LogP contribution in [0.4, 0.5) is 4.79 Å². The van der Waals surface area contributed by atoms with Crippen molar-refractivity contribution in [2.45, 2.75) is 45.8 Å². The topological polar surface area (TPSA) is 94.6 Å². The molecule has 0 aromatic carbocycles. The van der Waals surface area contributed by atoms with Gasteiger partial charge in [-0.25, -0.2) is 4.79 Å². The van der Waals surface area contributed by atoms with Gasteiger partial charge in [-0.2, -0.15) is 0 Å². The Morgan fingerprint density at radius 2 is 2.00 bits per heavy atom. The molecular formula is C16H22N2O5. The van der Waals surface area contributed by atoms with Gasteiger partial charge in [0.15, 0.2) is 5.78 Å². The average molecular weight is 322 g/mol. The summed E-state index contributed by atoms with van der Waals surface area (Å²) in [4.78, 5) is 39.9. The van der Waals surface area contributed by atoms with E-state index in [2.05, 4.69) is 10.3 Å². The number of ether oxygens (including phenoxy) is 2. The fraction of sp³-hybridized carbons (Fsp3) is 0.500. The number of alkyl carbamates (subject to hydrolysis) is 1. The molecule has 1 aromatic heterocycles. The SMILES string of the molecule is CCOC(=O)CC(NC(=O)OC(C)(C)C)C(=O)c1cccnc1. The zero-order valence-corrected chi connectivity index (χ0v) is 13.8. The molecule has 1 aromatic rings. The number of hydrogen-bond acceptors (Lipinski definition) is 6. The number of rotatable bonds is 6. The normalized spacial score (nSPS) is 12.2. The van der Waals surface area contributed by atoms with Crippen LogP contribution in [0, 0.1) is 0 Å². The summed E-state index contributed by atoms with van der Waals surface area (Å²) >= 11 is 0. The molecule has 0 aliphatic carbocycles. The number of nitrogens with one attached hydrogen (secondary N) is 1. The van der Waals surface area contributed by atoms with E-state index in [9.17, 15) is 14.4 Å². The van der Waals surface area contributed by atoms with E-state index in [0.29, 0.717) is 0 Å². The highest BCUT2D eigenvalue weighted by Crippen LogP contribution is 2.10. The highest BCUT2D eigenvalue weighted by molar-refractivity contribution is 6.02. The van der Waals surface area contributed by atoms with Gasteiger partial charge in [0.2, 0.25) is 0 Å². The Kier molecular flexibility index (Phi) is 6.68. The first-order chi connectivity index (χ1) is 10.7. The quantitative estimate of drug-likeness (QED) is 0.637. The largest absolute Gasteiger partial charge is 0.466 e. The van der Waals surface area contributed by atoms with Crippen LogP contribution < -0.4 is 5.32 Å². The van der Waals surface area contributed by atoms with Crippen molar-refractivity contribution >= 4 is 17.8 Å². The van der Waals surface area contributed by atoms with Gasteiger partial charge in [0.05, 0.1) is 13.0 Å². The van der Waals surface area contributed by atoms with Crippen LogP contribution in [0.2, 0.25) is 0 Å². The molecule has 0 radical (unpaired) electrons. The number of carbonyl (C=O) groups is 3. The fourth-order valence-corrected chi connectivity index (χ4v) is 1.76. The molecule has 0 aliphatic rings. The zero-order chi connectivity index (χ0) is 17.5. The van der Waals surface area contributed by atoms with Crippen LogP contribution in [0.15, 0.2) is 24.5 Å². The monoisotopic (exact) mass is 322 g/mol. The van der Waals surface area contributed by atoms with Crippen LogP contribution in [0.25, 0.3) is 0 Å². The number of nitrogens with zero attached hydrogens (tertiary/aromatic N) is 1. The molecule has 23 heavy (non-hydrogen) atoms. The third-order valence-corrected chi connectivity index (χ3v) is 2.63. The Balaban J connectivity index is 2.86. The molecule has 0 saturated heterocycles. The summed E-state index contributed by atoms with van der Waals surface area (Å²) in [6.45, 7) is 6.97. The minimum absolute atomic E-state index is 0.194. The Labute approximate surface area is 135 Å². The predicted molar refractivity (Wildman–Crippen MR) is 83.0 cm³/mol. The number of hydrogen-bond donors (Lipinski definition) is 1. The molecule has 1 N–H and O–H groups in total. The molecule has 7 heteroatoms. The molecule has 1 atom stereocenters. The van der Waals surface area contributed by atoms with Crippen LogP contribution in [0.3, 0.4) is 0 Å². The Bertz CT molecular complexity index is 551. The first-order valence-electron chi connectivity index (χ1n) is 7.32. The van der Waals surface area contributed by atoms with Crippen molar-refractivity contribution in [1.82, 2.24) is 10.3 Å². The number of pyridine rings is 1. The van der Waals surface area contributed by atoms with Crippen LogP contribution in [-0.2, 0) is 14.3 Å². The third kappa shape index (κ3) is 6.90. The minimum Gasteiger partial charge on any atom is -0.466 e. The van der Waals surface area contributed by atoms with Crippen molar-refractivity contribution in [3.05, 3.63) is 30.1 Å². The maximum absolute atomic E-state index is 12.5. The lowest BCUT2D eigenvalue weighted by atomic mass is 10.0. The van der Waals surface area contributed by atoms with Gasteiger partial charge in [0.25, 0.3) is 0 Å². The molecule has 0 spiro atoms. The van der Waals surface area contributed by atoms with Gasteiger partial charge in [-0.3, -0.25) is 14.6 Å². The molecule has 7 nitrogen and oxygen atoms in total. The summed E-state index contributed by atoms with van der Waals surface area (Å²) in [6.07, 6.45) is 1.85. The van der Waals surface area contributed by atoms with E-state index in [0.717, 1.165) is 0 Å². The van der Waals surface area contributed by atoms with Crippen molar-refractivity contribution in [3.8, 4) is 0 Å². The predicted octanol–water partition coefficient (Wildman–Crippen LogP) is 2.11. The van der Waals surface area contributed by atoms with Gasteiger partial charge < -0.3 is 14.8 Å². The lowest BCUT2D eigenvalue weighted by molar-refractivity contribution is -0.143. The molecule has 0 aliphatic heterocycles. The van der Waals surface area contributed by atoms with Gasteiger partial charge in [-0.1, -0.05) is 0 Å². The van der Waals surface area contributed by atoms with Crippen LogP contribution in [0.5, 0.6) is 0 Å². The molecular weight excluding hydrogens is 300 g/mol. The molecule has 1 rings (SSSR count). The van der Waals surface area contributed by atoms with E-state index in [1.807, 2.05) is 0 Å². The second kappa shape index (κ2) is 8.26. The fourth-order valence-electron chi connectivity index (χ4n) is 1.76. The van der Waals surface area contributed by atoms with Gasteiger partial charge in [0, 0.05) is 18.0 Å². The maximum atomic E-state index is 12.5. The van der Waals surface area contributed by atoms with E-state index in [-0.39, 0.29) is 18.6 Å². The van der Waals surface area contributed by atoms with E-state index in [4.69, 9.17) is 9.47 Å². The van der Waals surface area contributed by atoms with E-state index >= 15 is 0 Å². The Morgan fingerprint density at radius 3 is 2.52 bits per heavy atom. The van der Waals surface area contributed by atoms with Crippen molar-refractivity contribution < 1.29 is 23.9 Å². The summed E-state index contributed by atoms with van der Waals surface area (Å²) in [5.41, 5.74) is -0.423. The number of aromatic nitrogens is 1. The van der Waals surface area contributed by atoms with Gasteiger partial charge in [0.1, 0.15) is 11.6 Å². The standard InChI is InChI=1S/C16H22N2O5/c1-5-22-13(19)9-12(18-15(21)23-16(2,3)4)14(20)11-7-6-8-17-10-11/h6-8,10,12H,5,9H2,1-4H3,(H,18,21). The van der Waals surface area contributed by atoms with Crippen molar-refractivity contribution in [3.63, 3.8) is 0 Å². The van der Waals surface area contributed by atoms with Crippen LogP contribution >= 0.6 is 0 Å². The number of amides is 1. The molecule has 1 amide bonds. The van der Waals surface area contributed by atoms with E-state index < -0.39 is 29.5 Å². The first kappa shape index (κ1) is 18.6. The van der Waals surface area contributed by atoms with E-state index in [1.165, 1.54) is 12.4 Å². The van der Waals surface area contributed by atoms with Crippen LogP contribution in [-0.4, -0.2) is 41.1 Å². The summed E-state index contributed by atoms with van der Waals surface area (Å²) in [5, 5.41) is 2.42. The molecule has 0 saturated carbocycles. The summed E-state index contributed by atoms with van der Waals surface area (Å²) in [7, 11) is 0. The summed E-state index contributed by atoms with van der Waals surface area (Å²) in [6, 6.07) is 2.08. The minimum atomic E-state index is -1.08. The number of ketones is 1. The molecule has 1 heterocycles. The lowest BCUT2D eigenvalue weighted by Gasteiger charge is -2.22. The van der Waals surface area contributed by atoms with Crippen molar-refractivity contribution in [2.24, 2.45) is 0 Å². The van der Waals surface area contributed by atoms with Gasteiger partial charge in [-0.15, -0.1) is 0 Å². The number of carbonyl (C=O) groups excluding carboxylic acids is 3. The highest BCUT2D eigenvalue weighted by Gasteiger charge is 2.28. The number of Topliss-reactive ketones (excluding diaryl/α,β-unsaturated/α-hetero) is 1. The molecule has 0 fully saturated rings. The Hall–Kier alpha value is -2.44. The zero-order valence-electron chi connectivity index (χ0n) is 13.8. The maximum Gasteiger partial charge on any atom is 0.408 e. The average Bonchev–Trinajstić information content (AvgIpc) is 2.45. The Morgan fingerprint density at radius 1 is 1.30 bits per heavy atom. The summed E-state index contributed by atoms with van der Waals surface area (Å²) < 4.78 is 9.97. The van der Waals surface area contributed by atoms with Crippen molar-refractivity contribution in [2.75, 3.05) is 6.61 Å². The smallest absolute Gasteiger partial charge is 0.408 e. The second-order valence-electron chi connectivity index (χ2n) is 5.81. The second-order valence-corrected chi connectivity index (χ2v) is 5.81. The van der Waals surface area contributed by atoms with Crippen LogP contribution in [0.1, 0.15) is 44.5 Å². The van der Waals surface area contributed by atoms with Crippen molar-refractivity contribution in [1.29, 1.82) is 0 Å². The summed E-state index contributed by atoms with van der Waals surface area (Å²) in [5.74, 6) is -1.01. The molecule has 0 bridgehead atoms. The lowest BCUT2D eigenvalue weighted by Crippen LogP contribution is -2.44. The molecule has 126 valence electrons.